The summed E-state index contributed by atoms with van der Waals surface area (Å²) in [5, 5.41) is 9.06. The minimum absolute atomic E-state index is 0.534. The molecule has 3 rings (SSSR count). The number of halogens is 2. The van der Waals surface area contributed by atoms with Crippen molar-refractivity contribution in [2.75, 3.05) is 13.2 Å². The van der Waals surface area contributed by atoms with Crippen LogP contribution in [0.15, 0.2) is 17.7 Å². The van der Waals surface area contributed by atoms with E-state index in [4.69, 9.17) is 27.9 Å². The van der Waals surface area contributed by atoms with Crippen LogP contribution in [0.3, 0.4) is 0 Å². The smallest absolute Gasteiger partial charge is 0.145 e. The highest BCUT2D eigenvalue weighted by Gasteiger charge is 2.16. The Morgan fingerprint density at radius 3 is 2.74 bits per heavy atom. The lowest BCUT2D eigenvalue weighted by Crippen LogP contribution is -2.22. The first-order valence-electron chi connectivity index (χ1n) is 7.47. The van der Waals surface area contributed by atoms with Crippen LogP contribution in [0.2, 0.25) is 10.0 Å². The van der Waals surface area contributed by atoms with Gasteiger partial charge in [-0.15, -0.1) is 0 Å². The van der Waals surface area contributed by atoms with Gasteiger partial charge in [-0.25, -0.2) is 0 Å². The lowest BCUT2D eigenvalue weighted by Gasteiger charge is -2.19. The van der Waals surface area contributed by atoms with Gasteiger partial charge in [-0.1, -0.05) is 23.2 Å². The average molecular weight is 352 g/mol. The van der Waals surface area contributed by atoms with Crippen LogP contribution in [0.4, 0.5) is 0 Å². The number of benzene rings is 1. The Morgan fingerprint density at radius 2 is 2.04 bits per heavy atom. The number of rotatable bonds is 4. The molecule has 2 aromatic rings. The van der Waals surface area contributed by atoms with E-state index in [0.29, 0.717) is 22.4 Å². The Labute approximate surface area is 146 Å². The molecule has 6 heteroatoms. The molecule has 0 spiro atoms. The molecule has 0 aliphatic carbocycles. The first-order valence-corrected chi connectivity index (χ1v) is 8.22. The zero-order valence-corrected chi connectivity index (χ0v) is 14.9. The quantitative estimate of drug-likeness (QED) is 0.907. The summed E-state index contributed by atoms with van der Waals surface area (Å²) < 4.78 is 7.67. The van der Waals surface area contributed by atoms with E-state index in [2.05, 4.69) is 23.4 Å². The third-order valence-corrected chi connectivity index (χ3v) is 4.61. The monoisotopic (exact) mass is 351 g/mol. The molecule has 0 amide bonds. The summed E-state index contributed by atoms with van der Waals surface area (Å²) in [6, 6.07) is 3.57. The number of nitrogens with one attached hydrogen (secondary N) is 1. The minimum Gasteiger partial charge on any atom is -0.487 e. The zero-order chi connectivity index (χ0) is 16.6. The number of hydrogen-bond acceptors (Lipinski definition) is 3. The van der Waals surface area contributed by atoms with Crippen LogP contribution in [-0.4, -0.2) is 22.9 Å². The molecule has 0 atom stereocenters. The topological polar surface area (TPSA) is 39.1 Å². The van der Waals surface area contributed by atoms with E-state index in [9.17, 15) is 0 Å². The highest BCUT2D eigenvalue weighted by atomic mass is 35.5. The van der Waals surface area contributed by atoms with Crippen LogP contribution in [0.1, 0.15) is 22.5 Å². The Balaban J connectivity index is 1.68. The van der Waals surface area contributed by atoms with Crippen LogP contribution < -0.4 is 10.1 Å². The van der Waals surface area contributed by atoms with Crippen molar-refractivity contribution in [1.82, 2.24) is 15.1 Å². The van der Waals surface area contributed by atoms with Crippen molar-refractivity contribution in [3.8, 4) is 5.75 Å². The van der Waals surface area contributed by atoms with Gasteiger partial charge in [0.25, 0.3) is 0 Å². The number of hydrogen-bond donors (Lipinski definition) is 1. The second-order valence-electron chi connectivity index (χ2n) is 5.77. The molecule has 0 unspecified atom stereocenters. The fourth-order valence-corrected chi connectivity index (χ4v) is 3.35. The molecule has 0 fully saturated rings. The molecule has 4 nitrogen and oxygen atoms in total. The van der Waals surface area contributed by atoms with Gasteiger partial charge in [-0.3, -0.25) is 4.68 Å². The molecule has 122 valence electrons. The summed E-state index contributed by atoms with van der Waals surface area (Å²) in [6.45, 7) is 6.18. The predicted octanol–water partition coefficient (Wildman–Crippen LogP) is 3.91. The fourth-order valence-electron chi connectivity index (χ4n) is 2.79. The summed E-state index contributed by atoms with van der Waals surface area (Å²) >= 11 is 12.2. The third kappa shape index (κ3) is 3.39. The number of ether oxygens (including phenoxy) is 1. The van der Waals surface area contributed by atoms with Crippen molar-refractivity contribution in [3.63, 3.8) is 0 Å². The van der Waals surface area contributed by atoms with E-state index in [1.54, 1.807) is 6.07 Å². The summed E-state index contributed by atoms with van der Waals surface area (Å²) in [5.41, 5.74) is 5.59. The van der Waals surface area contributed by atoms with E-state index >= 15 is 0 Å². The van der Waals surface area contributed by atoms with Crippen molar-refractivity contribution in [2.24, 2.45) is 7.05 Å². The largest absolute Gasteiger partial charge is 0.487 e. The van der Waals surface area contributed by atoms with Gasteiger partial charge in [0.2, 0.25) is 0 Å². The number of fused-ring (bicyclic) bond motifs is 1. The molecule has 0 saturated carbocycles. The second-order valence-corrected chi connectivity index (χ2v) is 6.62. The van der Waals surface area contributed by atoms with Gasteiger partial charge >= 0.3 is 0 Å². The van der Waals surface area contributed by atoms with Crippen LogP contribution in [0.5, 0.6) is 5.75 Å². The van der Waals surface area contributed by atoms with Crippen molar-refractivity contribution in [1.29, 1.82) is 0 Å². The Kier molecular flexibility index (Phi) is 4.67. The molecule has 1 aliphatic heterocycles. The molecule has 23 heavy (non-hydrogen) atoms. The molecule has 1 aromatic carbocycles. The number of aromatic nitrogens is 2. The maximum Gasteiger partial charge on any atom is 0.145 e. The van der Waals surface area contributed by atoms with Gasteiger partial charge in [0.05, 0.1) is 10.7 Å². The summed E-state index contributed by atoms with van der Waals surface area (Å²) in [7, 11) is 1.97. The van der Waals surface area contributed by atoms with Crippen LogP contribution in [-0.2, 0) is 13.6 Å². The molecule has 0 saturated heterocycles. The predicted molar refractivity (Wildman–Crippen MR) is 94.3 cm³/mol. The maximum absolute atomic E-state index is 6.15. The normalized spacial score (nSPS) is 13.5. The second kappa shape index (κ2) is 6.56. The summed E-state index contributed by atoms with van der Waals surface area (Å²) in [4.78, 5) is 0. The molecular formula is C17H19Cl2N3O. The lowest BCUT2D eigenvalue weighted by molar-refractivity contribution is 0.343. The van der Waals surface area contributed by atoms with Crippen molar-refractivity contribution >= 4 is 29.3 Å². The zero-order valence-electron chi connectivity index (χ0n) is 13.4. The van der Waals surface area contributed by atoms with E-state index in [-0.39, 0.29) is 0 Å². The Morgan fingerprint density at radius 1 is 1.26 bits per heavy atom. The summed E-state index contributed by atoms with van der Waals surface area (Å²) in [5.74, 6) is 0.707. The van der Waals surface area contributed by atoms with E-state index in [0.717, 1.165) is 29.9 Å². The third-order valence-electron chi connectivity index (χ3n) is 4.11. The molecule has 0 bridgehead atoms. The van der Waals surface area contributed by atoms with E-state index < -0.39 is 0 Å². The lowest BCUT2D eigenvalue weighted by atomic mass is 10.1. The van der Waals surface area contributed by atoms with Crippen molar-refractivity contribution in [2.45, 2.75) is 20.4 Å². The summed E-state index contributed by atoms with van der Waals surface area (Å²) in [6.07, 6.45) is 2.09. The Bertz CT molecular complexity index is 781. The van der Waals surface area contributed by atoms with Crippen molar-refractivity contribution < 1.29 is 4.74 Å². The van der Waals surface area contributed by atoms with Gasteiger partial charge in [-0.05, 0) is 37.6 Å². The molecule has 1 aliphatic rings. The maximum atomic E-state index is 6.15. The Hall–Kier alpha value is -1.49. The van der Waals surface area contributed by atoms with E-state index in [1.807, 2.05) is 24.7 Å². The minimum atomic E-state index is 0.534. The van der Waals surface area contributed by atoms with Gasteiger partial charge in [0, 0.05) is 42.0 Å². The van der Waals surface area contributed by atoms with Gasteiger partial charge in [-0.2, -0.15) is 5.10 Å². The van der Waals surface area contributed by atoms with E-state index in [1.165, 1.54) is 11.3 Å². The standard InChI is InChI=1S/C17H19Cl2N3O/c1-10-15(11(2)22(3)21-10)8-20-7-12-4-13-5-14(18)6-16(19)17(13)23-9-12/h4-6,20H,7-9H2,1-3H3. The average Bonchev–Trinajstić information content (AvgIpc) is 2.73. The van der Waals surface area contributed by atoms with Crippen LogP contribution in [0, 0.1) is 13.8 Å². The van der Waals surface area contributed by atoms with Crippen LogP contribution >= 0.6 is 23.2 Å². The number of nitrogens with zero attached hydrogens (tertiary/aromatic N) is 2. The molecule has 1 aromatic heterocycles. The molecular weight excluding hydrogens is 333 g/mol. The first-order chi connectivity index (χ1) is 11.0. The van der Waals surface area contributed by atoms with Gasteiger partial charge < -0.3 is 10.1 Å². The number of aryl methyl sites for hydroxylation is 2. The van der Waals surface area contributed by atoms with Crippen LogP contribution in [0.25, 0.3) is 6.08 Å². The molecule has 1 N–H and O–H groups in total. The fraction of sp³-hybridized carbons (Fsp3) is 0.353. The van der Waals surface area contributed by atoms with Gasteiger partial charge in [0.15, 0.2) is 0 Å². The van der Waals surface area contributed by atoms with Crippen molar-refractivity contribution in [3.05, 3.63) is 50.3 Å². The SMILES string of the molecule is Cc1nn(C)c(C)c1CNCC1=Cc2cc(Cl)cc(Cl)c2OC1. The molecule has 0 radical (unpaired) electrons. The highest BCUT2D eigenvalue weighted by Crippen LogP contribution is 2.36. The molecule has 2 heterocycles. The first kappa shape index (κ1) is 16.4. The highest BCUT2D eigenvalue weighted by molar-refractivity contribution is 6.36. The van der Waals surface area contributed by atoms with Gasteiger partial charge in [0.1, 0.15) is 12.4 Å².